The highest BCUT2D eigenvalue weighted by molar-refractivity contribution is 6.12. The molecule has 0 atom stereocenters. The molecule has 176 valence electrons. The summed E-state index contributed by atoms with van der Waals surface area (Å²) in [6, 6.07) is 14.3. The van der Waals surface area contributed by atoms with Crippen LogP contribution in [0.2, 0.25) is 0 Å². The Bertz CT molecular complexity index is 993. The molecule has 0 fully saturated rings. The molecule has 0 saturated heterocycles. The molecule has 0 aliphatic carbocycles. The first-order chi connectivity index (χ1) is 15.8. The van der Waals surface area contributed by atoms with Gasteiger partial charge in [0.1, 0.15) is 6.54 Å². The third kappa shape index (κ3) is 6.40. The predicted molar refractivity (Wildman–Crippen MR) is 127 cm³/mol. The average molecular weight is 454 g/mol. The van der Waals surface area contributed by atoms with Crippen molar-refractivity contribution < 1.29 is 24.2 Å². The van der Waals surface area contributed by atoms with Crippen molar-refractivity contribution in [2.24, 2.45) is 0 Å². The van der Waals surface area contributed by atoms with Crippen molar-refractivity contribution in [3.63, 3.8) is 0 Å². The lowest BCUT2D eigenvalue weighted by Crippen LogP contribution is -2.50. The molecular weight excluding hydrogens is 422 g/mol. The van der Waals surface area contributed by atoms with Crippen molar-refractivity contribution in [1.29, 1.82) is 0 Å². The first-order valence-corrected chi connectivity index (χ1v) is 11.1. The second kappa shape index (κ2) is 11.1. The van der Waals surface area contributed by atoms with Crippen LogP contribution in [-0.4, -0.2) is 67.2 Å². The van der Waals surface area contributed by atoms with Gasteiger partial charge in [0.15, 0.2) is 0 Å². The molecule has 0 bridgehead atoms. The van der Waals surface area contributed by atoms with Crippen LogP contribution in [0.5, 0.6) is 0 Å². The summed E-state index contributed by atoms with van der Waals surface area (Å²) in [5, 5.41) is 9.46. The molecule has 8 nitrogen and oxygen atoms in total. The van der Waals surface area contributed by atoms with Crippen LogP contribution in [0.3, 0.4) is 0 Å². The number of carbonyl (C=O) groups is 3. The molecule has 1 heterocycles. The number of carboxylic acids is 1. The van der Waals surface area contributed by atoms with Crippen molar-refractivity contribution in [3.8, 4) is 0 Å². The number of carboxylic acid groups (broad SMARTS) is 1. The van der Waals surface area contributed by atoms with Crippen molar-refractivity contribution in [1.82, 2.24) is 4.90 Å². The quantitative estimate of drug-likeness (QED) is 0.556. The van der Waals surface area contributed by atoms with Gasteiger partial charge in [0.2, 0.25) is 11.8 Å². The lowest BCUT2D eigenvalue weighted by Gasteiger charge is -2.37. The summed E-state index contributed by atoms with van der Waals surface area (Å²) < 4.78 is 5.57. The number of hydrogen-bond acceptors (Lipinski definition) is 5. The largest absolute Gasteiger partial charge is 0.478 e. The van der Waals surface area contributed by atoms with Gasteiger partial charge >= 0.3 is 5.97 Å². The van der Waals surface area contributed by atoms with Gasteiger partial charge in [-0.1, -0.05) is 30.3 Å². The lowest BCUT2D eigenvalue weighted by atomic mass is 10.1. The van der Waals surface area contributed by atoms with Crippen molar-refractivity contribution >= 4 is 29.2 Å². The van der Waals surface area contributed by atoms with Crippen LogP contribution in [-0.2, 0) is 20.9 Å². The SMILES string of the molecule is CC(C)OCCCN1C(=O)CN(C(=O)CN(C)Cc2ccccc2)c2cc(C(=O)O)ccc21. The van der Waals surface area contributed by atoms with Gasteiger partial charge in [0.25, 0.3) is 0 Å². The van der Waals surface area contributed by atoms with E-state index in [1.165, 1.54) is 17.0 Å². The first kappa shape index (κ1) is 24.4. The smallest absolute Gasteiger partial charge is 0.335 e. The van der Waals surface area contributed by atoms with Gasteiger partial charge in [0.05, 0.1) is 29.6 Å². The van der Waals surface area contributed by atoms with E-state index >= 15 is 0 Å². The molecule has 1 aliphatic rings. The third-order valence-electron chi connectivity index (χ3n) is 5.38. The number of hydrogen-bond donors (Lipinski definition) is 1. The number of ether oxygens (including phenoxy) is 1. The van der Waals surface area contributed by atoms with E-state index in [0.717, 1.165) is 5.56 Å². The Morgan fingerprint density at radius 3 is 2.52 bits per heavy atom. The van der Waals surface area contributed by atoms with Crippen LogP contribution in [0.15, 0.2) is 48.5 Å². The third-order valence-corrected chi connectivity index (χ3v) is 5.38. The van der Waals surface area contributed by atoms with Gasteiger partial charge in [-0.15, -0.1) is 0 Å². The van der Waals surface area contributed by atoms with Crippen molar-refractivity contribution in [2.75, 3.05) is 43.1 Å². The molecule has 0 aromatic heterocycles. The van der Waals surface area contributed by atoms with E-state index in [-0.39, 0.29) is 36.6 Å². The van der Waals surface area contributed by atoms with Crippen LogP contribution in [0, 0.1) is 0 Å². The molecule has 3 rings (SSSR count). The number of fused-ring (bicyclic) bond motifs is 1. The molecule has 2 aromatic carbocycles. The van der Waals surface area contributed by atoms with Gasteiger partial charge in [-0.05, 0) is 51.1 Å². The number of amides is 2. The monoisotopic (exact) mass is 453 g/mol. The summed E-state index contributed by atoms with van der Waals surface area (Å²) in [6.07, 6.45) is 0.742. The Balaban J connectivity index is 1.79. The summed E-state index contributed by atoms with van der Waals surface area (Å²) in [5.74, 6) is -1.54. The number of benzene rings is 2. The topological polar surface area (TPSA) is 90.4 Å². The maximum atomic E-state index is 13.2. The van der Waals surface area contributed by atoms with Crippen molar-refractivity contribution in [3.05, 3.63) is 59.7 Å². The molecule has 1 N–H and O–H groups in total. The van der Waals surface area contributed by atoms with Gasteiger partial charge in [0, 0.05) is 19.7 Å². The predicted octanol–water partition coefficient (Wildman–Crippen LogP) is 3.01. The van der Waals surface area contributed by atoms with E-state index in [4.69, 9.17) is 4.74 Å². The zero-order valence-corrected chi connectivity index (χ0v) is 19.4. The second-order valence-corrected chi connectivity index (χ2v) is 8.46. The average Bonchev–Trinajstić information content (AvgIpc) is 2.77. The first-order valence-electron chi connectivity index (χ1n) is 11.1. The zero-order valence-electron chi connectivity index (χ0n) is 19.4. The molecule has 0 unspecified atom stereocenters. The van der Waals surface area contributed by atoms with E-state index < -0.39 is 5.97 Å². The number of aromatic carboxylic acids is 1. The Kier molecular flexibility index (Phi) is 8.19. The molecule has 2 aromatic rings. The molecule has 8 heteroatoms. The molecule has 0 saturated carbocycles. The van der Waals surface area contributed by atoms with E-state index in [9.17, 15) is 19.5 Å². The van der Waals surface area contributed by atoms with Crippen LogP contribution in [0.25, 0.3) is 0 Å². The van der Waals surface area contributed by atoms with Gasteiger partial charge in [-0.25, -0.2) is 4.79 Å². The fourth-order valence-electron chi connectivity index (χ4n) is 3.82. The standard InChI is InChI=1S/C25H31N3O5/c1-18(2)33-13-7-12-27-21-11-10-20(25(31)32)14-22(21)28(17-24(27)30)23(29)16-26(3)15-19-8-5-4-6-9-19/h4-6,8-11,14,18H,7,12-13,15-17H2,1-3H3,(H,31,32). The number of anilines is 2. The van der Waals surface area contributed by atoms with Crippen LogP contribution < -0.4 is 9.80 Å². The Labute approximate surface area is 194 Å². The highest BCUT2D eigenvalue weighted by Crippen LogP contribution is 2.35. The lowest BCUT2D eigenvalue weighted by molar-refractivity contribution is -0.123. The highest BCUT2D eigenvalue weighted by atomic mass is 16.5. The van der Waals surface area contributed by atoms with Gasteiger partial charge in [-0.2, -0.15) is 0 Å². The normalized spacial score (nSPS) is 13.5. The fourth-order valence-corrected chi connectivity index (χ4v) is 3.82. The van der Waals surface area contributed by atoms with Gasteiger partial charge in [-0.3, -0.25) is 19.4 Å². The highest BCUT2D eigenvalue weighted by Gasteiger charge is 2.33. The Morgan fingerprint density at radius 1 is 1.12 bits per heavy atom. The van der Waals surface area contributed by atoms with E-state index in [2.05, 4.69) is 0 Å². The van der Waals surface area contributed by atoms with E-state index in [1.807, 2.05) is 56.1 Å². The minimum atomic E-state index is -1.08. The molecule has 1 aliphatic heterocycles. The summed E-state index contributed by atoms with van der Waals surface area (Å²) >= 11 is 0. The zero-order chi connectivity index (χ0) is 24.0. The van der Waals surface area contributed by atoms with E-state index in [1.54, 1.807) is 11.0 Å². The van der Waals surface area contributed by atoms with Crippen LogP contribution >= 0.6 is 0 Å². The van der Waals surface area contributed by atoms with Crippen LogP contribution in [0.4, 0.5) is 11.4 Å². The summed E-state index contributed by atoms with van der Waals surface area (Å²) in [5.41, 5.74) is 2.13. The summed E-state index contributed by atoms with van der Waals surface area (Å²) in [6.45, 7) is 5.40. The van der Waals surface area contributed by atoms with Gasteiger partial charge < -0.3 is 14.7 Å². The summed E-state index contributed by atoms with van der Waals surface area (Å²) in [7, 11) is 1.84. The van der Waals surface area contributed by atoms with Crippen LogP contribution in [0.1, 0.15) is 36.2 Å². The molecule has 0 spiro atoms. The maximum absolute atomic E-state index is 13.2. The molecular formula is C25H31N3O5. The Morgan fingerprint density at radius 2 is 1.85 bits per heavy atom. The molecule has 0 radical (unpaired) electrons. The van der Waals surface area contributed by atoms with E-state index in [0.29, 0.717) is 37.5 Å². The minimum Gasteiger partial charge on any atom is -0.478 e. The Hall–Kier alpha value is -3.23. The molecule has 33 heavy (non-hydrogen) atoms. The minimum absolute atomic E-state index is 0.0710. The second-order valence-electron chi connectivity index (χ2n) is 8.46. The number of nitrogens with zero attached hydrogens (tertiary/aromatic N) is 3. The number of likely N-dealkylation sites (N-methyl/N-ethyl adjacent to an activating group) is 1. The fraction of sp³-hybridized carbons (Fsp3) is 0.400. The number of carbonyl (C=O) groups excluding carboxylic acids is 2. The van der Waals surface area contributed by atoms with Crippen molar-refractivity contribution in [2.45, 2.75) is 32.9 Å². The number of rotatable bonds is 10. The maximum Gasteiger partial charge on any atom is 0.335 e. The summed E-state index contributed by atoms with van der Waals surface area (Å²) in [4.78, 5) is 42.6. The molecule has 2 amide bonds.